The normalized spacial score (nSPS) is 11.3. The molecule has 0 radical (unpaired) electrons. The summed E-state index contributed by atoms with van der Waals surface area (Å²) < 4.78 is 10.6. The van der Waals surface area contributed by atoms with E-state index in [1.165, 1.54) is 0 Å². The summed E-state index contributed by atoms with van der Waals surface area (Å²) in [6, 6.07) is 3.91. The van der Waals surface area contributed by atoms with Crippen molar-refractivity contribution in [3.8, 4) is 11.5 Å². The number of nitrogens with two attached hydrogens (primary N) is 1. The van der Waals surface area contributed by atoms with Crippen molar-refractivity contribution < 1.29 is 9.47 Å². The molecule has 84 valence electrons. The summed E-state index contributed by atoms with van der Waals surface area (Å²) in [6.07, 6.45) is 0. The third-order valence-electron chi connectivity index (χ3n) is 2.50. The molecule has 0 aliphatic heterocycles. The highest BCUT2D eigenvalue weighted by Crippen LogP contribution is 2.32. The van der Waals surface area contributed by atoms with E-state index < -0.39 is 5.54 Å². The van der Waals surface area contributed by atoms with Gasteiger partial charge in [0.1, 0.15) is 11.5 Å². The van der Waals surface area contributed by atoms with Gasteiger partial charge in [-0.1, -0.05) is 0 Å². The Morgan fingerprint density at radius 2 is 1.47 bits per heavy atom. The van der Waals surface area contributed by atoms with Gasteiger partial charge in [0.25, 0.3) is 0 Å². The van der Waals surface area contributed by atoms with Crippen LogP contribution in [0.4, 0.5) is 0 Å². The highest BCUT2D eigenvalue weighted by molar-refractivity contribution is 5.48. The number of rotatable bonds is 3. The molecule has 0 fully saturated rings. The largest absolute Gasteiger partial charge is 0.496 e. The van der Waals surface area contributed by atoms with Crippen molar-refractivity contribution in [2.24, 2.45) is 5.73 Å². The van der Waals surface area contributed by atoms with Crippen molar-refractivity contribution in [1.29, 1.82) is 0 Å². The van der Waals surface area contributed by atoms with Gasteiger partial charge < -0.3 is 15.2 Å². The Hall–Kier alpha value is -1.22. The Morgan fingerprint density at radius 3 is 1.73 bits per heavy atom. The lowest BCUT2D eigenvalue weighted by atomic mass is 9.94. The number of benzene rings is 1. The zero-order chi connectivity index (χ0) is 11.6. The van der Waals surface area contributed by atoms with Gasteiger partial charge in [-0.2, -0.15) is 0 Å². The van der Waals surface area contributed by atoms with E-state index in [-0.39, 0.29) is 0 Å². The Bertz CT molecular complexity index is 328. The fourth-order valence-corrected chi connectivity index (χ4v) is 1.46. The van der Waals surface area contributed by atoms with Crippen molar-refractivity contribution in [3.63, 3.8) is 0 Å². The fraction of sp³-hybridized carbons (Fsp3) is 0.500. The Kier molecular flexibility index (Phi) is 3.25. The first-order chi connectivity index (χ1) is 6.90. The summed E-state index contributed by atoms with van der Waals surface area (Å²) in [5.74, 6) is 1.62. The van der Waals surface area contributed by atoms with E-state index in [1.807, 2.05) is 32.9 Å². The molecule has 1 aromatic rings. The third kappa shape index (κ3) is 2.42. The highest BCUT2D eigenvalue weighted by atomic mass is 16.5. The summed E-state index contributed by atoms with van der Waals surface area (Å²) in [5.41, 5.74) is 7.64. The lowest BCUT2D eigenvalue weighted by molar-refractivity contribution is 0.385. The minimum absolute atomic E-state index is 0.395. The monoisotopic (exact) mass is 209 g/mol. The molecule has 15 heavy (non-hydrogen) atoms. The number of methoxy groups -OCH3 is 2. The molecule has 0 amide bonds. The van der Waals surface area contributed by atoms with Crippen LogP contribution in [0.2, 0.25) is 0 Å². The highest BCUT2D eigenvalue weighted by Gasteiger charge is 2.18. The second kappa shape index (κ2) is 4.11. The molecule has 1 rings (SSSR count). The predicted octanol–water partition coefficient (Wildman–Crippen LogP) is 2.21. The summed E-state index contributed by atoms with van der Waals surface area (Å²) in [5, 5.41) is 0. The van der Waals surface area contributed by atoms with E-state index in [2.05, 4.69) is 0 Å². The second-order valence-corrected chi connectivity index (χ2v) is 4.23. The first kappa shape index (κ1) is 11.9. The summed E-state index contributed by atoms with van der Waals surface area (Å²) >= 11 is 0. The molecule has 2 N–H and O–H groups in total. The van der Waals surface area contributed by atoms with Crippen LogP contribution in [0.1, 0.15) is 25.0 Å². The van der Waals surface area contributed by atoms with Crippen LogP contribution in [-0.4, -0.2) is 14.2 Å². The second-order valence-electron chi connectivity index (χ2n) is 4.23. The van der Waals surface area contributed by atoms with Gasteiger partial charge in [0.15, 0.2) is 0 Å². The van der Waals surface area contributed by atoms with Crippen molar-refractivity contribution in [2.45, 2.75) is 26.3 Å². The van der Waals surface area contributed by atoms with Crippen LogP contribution >= 0.6 is 0 Å². The Labute approximate surface area is 91.2 Å². The van der Waals surface area contributed by atoms with Gasteiger partial charge in [0, 0.05) is 11.1 Å². The first-order valence-corrected chi connectivity index (χ1v) is 4.92. The van der Waals surface area contributed by atoms with Crippen LogP contribution in [0.25, 0.3) is 0 Å². The van der Waals surface area contributed by atoms with Crippen LogP contribution in [0, 0.1) is 6.92 Å². The summed E-state index contributed by atoms with van der Waals surface area (Å²) in [6.45, 7) is 5.87. The molecule has 0 saturated carbocycles. The van der Waals surface area contributed by atoms with Gasteiger partial charge in [-0.05, 0) is 38.5 Å². The molecule has 3 nitrogen and oxygen atoms in total. The zero-order valence-electron chi connectivity index (χ0n) is 10.0. The Balaban J connectivity index is 3.33. The average molecular weight is 209 g/mol. The Morgan fingerprint density at radius 1 is 1.07 bits per heavy atom. The standard InChI is InChI=1S/C12H19NO2/c1-8-10(14-4)6-9(12(2,3)13)7-11(8)15-5/h6-7H,13H2,1-5H3. The number of hydrogen-bond donors (Lipinski definition) is 1. The van der Waals surface area contributed by atoms with Gasteiger partial charge >= 0.3 is 0 Å². The van der Waals surface area contributed by atoms with Gasteiger partial charge in [-0.15, -0.1) is 0 Å². The minimum atomic E-state index is -0.395. The summed E-state index contributed by atoms with van der Waals surface area (Å²) in [4.78, 5) is 0. The van der Waals surface area contributed by atoms with Crippen LogP contribution in [0.3, 0.4) is 0 Å². The fourth-order valence-electron chi connectivity index (χ4n) is 1.46. The smallest absolute Gasteiger partial charge is 0.125 e. The van der Waals surface area contributed by atoms with Crippen molar-refractivity contribution in [1.82, 2.24) is 0 Å². The van der Waals surface area contributed by atoms with Crippen molar-refractivity contribution >= 4 is 0 Å². The molecule has 0 atom stereocenters. The van der Waals surface area contributed by atoms with Gasteiger partial charge in [-0.25, -0.2) is 0 Å². The van der Waals surface area contributed by atoms with E-state index in [0.29, 0.717) is 0 Å². The van der Waals surface area contributed by atoms with Crippen LogP contribution in [0.15, 0.2) is 12.1 Å². The zero-order valence-corrected chi connectivity index (χ0v) is 10.0. The van der Waals surface area contributed by atoms with Gasteiger partial charge in [0.05, 0.1) is 14.2 Å². The van der Waals surface area contributed by atoms with Gasteiger partial charge in [0.2, 0.25) is 0 Å². The van der Waals surface area contributed by atoms with E-state index in [1.54, 1.807) is 14.2 Å². The maximum absolute atomic E-state index is 6.04. The third-order valence-corrected chi connectivity index (χ3v) is 2.50. The molecule has 1 aromatic carbocycles. The molecular weight excluding hydrogens is 190 g/mol. The lowest BCUT2D eigenvalue weighted by Gasteiger charge is -2.22. The minimum Gasteiger partial charge on any atom is -0.496 e. The quantitative estimate of drug-likeness (QED) is 0.830. The lowest BCUT2D eigenvalue weighted by Crippen LogP contribution is -2.28. The molecule has 0 bridgehead atoms. The molecule has 0 saturated heterocycles. The van der Waals surface area contributed by atoms with E-state index in [9.17, 15) is 0 Å². The average Bonchev–Trinajstić information content (AvgIpc) is 2.16. The van der Waals surface area contributed by atoms with Crippen molar-refractivity contribution in [2.75, 3.05) is 14.2 Å². The molecule has 0 spiro atoms. The summed E-state index contributed by atoms with van der Waals surface area (Å²) in [7, 11) is 3.30. The topological polar surface area (TPSA) is 44.5 Å². The van der Waals surface area contributed by atoms with E-state index in [4.69, 9.17) is 15.2 Å². The molecular formula is C12H19NO2. The number of ether oxygens (including phenoxy) is 2. The van der Waals surface area contributed by atoms with Crippen LogP contribution in [-0.2, 0) is 5.54 Å². The molecule has 0 unspecified atom stereocenters. The number of hydrogen-bond acceptors (Lipinski definition) is 3. The molecule has 0 aliphatic rings. The SMILES string of the molecule is COc1cc(C(C)(C)N)cc(OC)c1C. The van der Waals surface area contributed by atoms with E-state index >= 15 is 0 Å². The molecule has 0 aromatic heterocycles. The van der Waals surface area contributed by atoms with Crippen LogP contribution in [0.5, 0.6) is 11.5 Å². The molecule has 3 heteroatoms. The first-order valence-electron chi connectivity index (χ1n) is 4.92. The molecule has 0 aliphatic carbocycles. The van der Waals surface area contributed by atoms with Crippen molar-refractivity contribution in [3.05, 3.63) is 23.3 Å². The van der Waals surface area contributed by atoms with Crippen LogP contribution < -0.4 is 15.2 Å². The van der Waals surface area contributed by atoms with E-state index in [0.717, 1.165) is 22.6 Å². The maximum atomic E-state index is 6.04. The van der Waals surface area contributed by atoms with Gasteiger partial charge in [-0.3, -0.25) is 0 Å². The maximum Gasteiger partial charge on any atom is 0.125 e. The predicted molar refractivity (Wildman–Crippen MR) is 61.5 cm³/mol. The molecule has 0 heterocycles.